The molecule has 0 saturated heterocycles. The lowest BCUT2D eigenvalue weighted by molar-refractivity contribution is -0.153. The third-order valence-corrected chi connectivity index (χ3v) is 9.71. The number of ether oxygens (including phenoxy) is 1. The monoisotopic (exact) mass is 555 g/mol. The number of carbonyl (C=O) groups is 3. The van der Waals surface area contributed by atoms with Crippen LogP contribution < -0.4 is 10.5 Å². The fraction of sp³-hybridized carbons (Fsp3) is 0.552. The van der Waals surface area contributed by atoms with Gasteiger partial charge in [-0.25, -0.2) is 0 Å². The Morgan fingerprint density at radius 2 is 1.82 bits per heavy atom. The average Bonchev–Trinajstić information content (AvgIpc) is 2.84. The number of hydrogen-bond donors (Lipinski definition) is 5. The van der Waals surface area contributed by atoms with E-state index in [0.717, 1.165) is 24.8 Å². The Morgan fingerprint density at radius 1 is 1.18 bits per heavy atom. The number of hydrogen-bond acceptors (Lipinski definition) is 10. The molecule has 4 aliphatic carbocycles. The van der Waals surface area contributed by atoms with Crippen molar-refractivity contribution < 1.29 is 39.5 Å². The van der Waals surface area contributed by atoms with Gasteiger partial charge in [-0.05, 0) is 72.2 Å². The van der Waals surface area contributed by atoms with Crippen LogP contribution in [0.2, 0.25) is 0 Å². The lowest BCUT2D eigenvalue weighted by Gasteiger charge is -2.50. The highest BCUT2D eigenvalue weighted by Gasteiger charge is 2.64. The minimum Gasteiger partial charge on any atom is -0.508 e. The van der Waals surface area contributed by atoms with Gasteiger partial charge in [0.2, 0.25) is 5.78 Å². The SMILES string of the molecule is COc1c(CN(C)C2(C)CCC2)cc(O)c2c1C[C@H]1C[C@H]3[C@H](N(C)C)C(=O)C(C(N)=O)=C(O)[C@@]3(O)C(=O)C1=C2O. The number of aromatic hydroxyl groups is 1. The molecule has 0 aliphatic heterocycles. The highest BCUT2D eigenvalue weighted by molar-refractivity contribution is 6.24. The standard InChI is InChI=1S/C29H37N3O8/c1-28(7-6-8-28)32(4)12-14-11-17(33)19-15(24(14)40-5)9-13-10-16-21(31(2)3)23(35)20(27(30)38)26(37)29(16,39)25(36)18(13)22(19)34/h11,13,16,21,33-34,37,39H,6-10,12H2,1-5H3,(H2,30,38)/t13-,16-,21-,29-/m0/s1. The first-order chi connectivity index (χ1) is 18.7. The summed E-state index contributed by atoms with van der Waals surface area (Å²) in [6.07, 6.45) is 3.49. The molecule has 2 saturated carbocycles. The number of ketones is 2. The highest BCUT2D eigenvalue weighted by atomic mass is 16.5. The summed E-state index contributed by atoms with van der Waals surface area (Å²) in [6.45, 7) is 2.69. The largest absolute Gasteiger partial charge is 0.508 e. The Kier molecular flexibility index (Phi) is 6.56. The Hall–Kier alpha value is -3.41. The molecule has 6 N–H and O–H groups in total. The second kappa shape index (κ2) is 9.32. The normalized spacial score (nSPS) is 29.2. The maximum Gasteiger partial charge on any atom is 0.255 e. The summed E-state index contributed by atoms with van der Waals surface area (Å²) in [4.78, 5) is 43.0. The van der Waals surface area contributed by atoms with Crippen LogP contribution >= 0.6 is 0 Å². The number of primary amides is 1. The maximum absolute atomic E-state index is 14.0. The zero-order valence-electron chi connectivity index (χ0n) is 23.4. The molecule has 0 bridgehead atoms. The zero-order chi connectivity index (χ0) is 29.5. The molecule has 4 atom stereocenters. The van der Waals surface area contributed by atoms with Gasteiger partial charge in [0.15, 0.2) is 11.4 Å². The molecule has 11 heteroatoms. The lowest BCUT2D eigenvalue weighted by Crippen LogP contribution is -2.65. The maximum atomic E-state index is 14.0. The smallest absolute Gasteiger partial charge is 0.255 e. The van der Waals surface area contributed by atoms with Crippen LogP contribution in [0.5, 0.6) is 11.5 Å². The van der Waals surface area contributed by atoms with E-state index in [-0.39, 0.29) is 35.3 Å². The number of rotatable bonds is 6. The van der Waals surface area contributed by atoms with E-state index in [2.05, 4.69) is 11.8 Å². The van der Waals surface area contributed by atoms with Crippen molar-refractivity contribution in [3.8, 4) is 11.5 Å². The number of nitrogens with zero attached hydrogens (tertiary/aromatic N) is 2. The van der Waals surface area contributed by atoms with Crippen molar-refractivity contribution in [2.24, 2.45) is 17.6 Å². The van der Waals surface area contributed by atoms with Gasteiger partial charge >= 0.3 is 0 Å². The minimum atomic E-state index is -2.66. The third kappa shape index (κ3) is 3.71. The van der Waals surface area contributed by atoms with Crippen molar-refractivity contribution in [2.45, 2.75) is 62.8 Å². The number of Topliss-reactive ketones (excluding diaryl/α,β-unsaturated/α-hetero) is 2. The van der Waals surface area contributed by atoms with Crippen molar-refractivity contribution in [1.82, 2.24) is 9.80 Å². The predicted octanol–water partition coefficient (Wildman–Crippen LogP) is 1.35. The zero-order valence-corrected chi connectivity index (χ0v) is 23.4. The van der Waals surface area contributed by atoms with Gasteiger partial charge in [-0.1, -0.05) is 0 Å². The Labute approximate surface area is 232 Å². The molecule has 0 unspecified atom stereocenters. The first-order valence-electron chi connectivity index (χ1n) is 13.5. The molecule has 0 aromatic heterocycles. The minimum absolute atomic E-state index is 0.0226. The van der Waals surface area contributed by atoms with E-state index in [9.17, 15) is 34.8 Å². The van der Waals surface area contributed by atoms with Crippen molar-refractivity contribution in [1.29, 1.82) is 0 Å². The van der Waals surface area contributed by atoms with E-state index in [1.54, 1.807) is 14.1 Å². The number of nitrogens with two attached hydrogens (primary N) is 1. The molecule has 0 spiro atoms. The van der Waals surface area contributed by atoms with Crippen LogP contribution in [0.1, 0.15) is 49.3 Å². The summed E-state index contributed by atoms with van der Waals surface area (Å²) >= 11 is 0. The highest BCUT2D eigenvalue weighted by Crippen LogP contribution is 2.54. The molecule has 4 aliphatic rings. The summed E-state index contributed by atoms with van der Waals surface area (Å²) < 4.78 is 5.81. The van der Waals surface area contributed by atoms with Gasteiger partial charge in [0.1, 0.15) is 28.6 Å². The molecular formula is C29H37N3O8. The van der Waals surface area contributed by atoms with E-state index in [0.29, 0.717) is 17.9 Å². The quantitative estimate of drug-likeness (QED) is 0.322. The summed E-state index contributed by atoms with van der Waals surface area (Å²) in [5, 5.41) is 45.2. The van der Waals surface area contributed by atoms with Crippen LogP contribution in [-0.4, -0.2) is 93.1 Å². The molecule has 11 nitrogen and oxygen atoms in total. The number of benzene rings is 1. The fourth-order valence-electron chi connectivity index (χ4n) is 7.24. The topological polar surface area (TPSA) is 174 Å². The lowest BCUT2D eigenvalue weighted by atomic mass is 9.57. The number of fused-ring (bicyclic) bond motifs is 3. The van der Waals surface area contributed by atoms with Crippen molar-refractivity contribution in [3.05, 3.63) is 39.7 Å². The number of carbonyl (C=O) groups excluding carboxylic acids is 3. The van der Waals surface area contributed by atoms with Crippen LogP contribution in [0.3, 0.4) is 0 Å². The van der Waals surface area contributed by atoms with Gasteiger partial charge in [0.25, 0.3) is 5.91 Å². The second-order valence-corrected chi connectivity index (χ2v) is 12.1. The van der Waals surface area contributed by atoms with E-state index in [1.165, 1.54) is 18.1 Å². The van der Waals surface area contributed by atoms with Gasteiger partial charge in [-0.2, -0.15) is 0 Å². The fourth-order valence-corrected chi connectivity index (χ4v) is 7.24. The molecule has 216 valence electrons. The van der Waals surface area contributed by atoms with Crippen LogP contribution in [0, 0.1) is 11.8 Å². The molecule has 0 heterocycles. The molecule has 2 fully saturated rings. The summed E-state index contributed by atoms with van der Waals surface area (Å²) in [5.74, 6) is -6.25. The van der Waals surface area contributed by atoms with E-state index in [4.69, 9.17) is 10.5 Å². The van der Waals surface area contributed by atoms with Crippen molar-refractivity contribution in [2.75, 3.05) is 28.3 Å². The van der Waals surface area contributed by atoms with Gasteiger partial charge < -0.3 is 30.9 Å². The third-order valence-electron chi connectivity index (χ3n) is 9.71. The molecule has 0 radical (unpaired) electrons. The number of methoxy groups -OCH3 is 1. The Balaban J connectivity index is 1.66. The predicted molar refractivity (Wildman–Crippen MR) is 145 cm³/mol. The van der Waals surface area contributed by atoms with E-state index in [1.807, 2.05) is 7.05 Å². The summed E-state index contributed by atoms with van der Waals surface area (Å²) in [6, 6.07) is 0.387. The Bertz CT molecular complexity index is 1390. The first-order valence-corrected chi connectivity index (χ1v) is 13.5. The van der Waals surface area contributed by atoms with Crippen LogP contribution in [0.4, 0.5) is 0 Å². The van der Waals surface area contributed by atoms with E-state index >= 15 is 0 Å². The first kappa shape index (κ1) is 28.1. The number of phenols is 1. The number of aliphatic hydroxyl groups excluding tert-OH is 2. The number of amides is 1. The second-order valence-electron chi connectivity index (χ2n) is 12.1. The van der Waals surface area contributed by atoms with Gasteiger partial charge in [-0.15, -0.1) is 0 Å². The van der Waals surface area contributed by atoms with Gasteiger partial charge in [-0.3, -0.25) is 24.2 Å². The molecule has 1 aromatic rings. The molecule has 1 amide bonds. The number of phenolic OH excluding ortho intramolecular Hbond substituents is 1. The van der Waals surface area contributed by atoms with Crippen LogP contribution in [0.15, 0.2) is 23.0 Å². The average molecular weight is 556 g/mol. The van der Waals surface area contributed by atoms with Crippen LogP contribution in [0.25, 0.3) is 5.76 Å². The van der Waals surface area contributed by atoms with E-state index < -0.39 is 58.0 Å². The summed E-state index contributed by atoms with van der Waals surface area (Å²) in [5.41, 5.74) is 3.01. The summed E-state index contributed by atoms with van der Waals surface area (Å²) in [7, 11) is 6.67. The molecular weight excluding hydrogens is 518 g/mol. The van der Waals surface area contributed by atoms with Crippen molar-refractivity contribution >= 4 is 23.2 Å². The number of aliphatic hydroxyl groups is 3. The Morgan fingerprint density at radius 3 is 2.35 bits per heavy atom. The van der Waals surface area contributed by atoms with Crippen LogP contribution in [-0.2, 0) is 27.3 Å². The van der Waals surface area contributed by atoms with Crippen molar-refractivity contribution in [3.63, 3.8) is 0 Å². The molecule has 5 rings (SSSR count). The number of likely N-dealkylation sites (N-methyl/N-ethyl adjacent to an activating group) is 1. The van der Waals surface area contributed by atoms with Gasteiger partial charge in [0, 0.05) is 34.7 Å². The molecule has 40 heavy (non-hydrogen) atoms. The van der Waals surface area contributed by atoms with Gasteiger partial charge in [0.05, 0.1) is 18.7 Å². The molecule has 1 aromatic carbocycles.